The second-order valence-corrected chi connectivity index (χ2v) is 6.02. The molecule has 0 fully saturated rings. The van der Waals surface area contributed by atoms with E-state index in [1.54, 1.807) is 0 Å². The van der Waals surface area contributed by atoms with Crippen LogP contribution in [0, 0.1) is 17.8 Å². The Hall–Kier alpha value is -0.520. The van der Waals surface area contributed by atoms with Gasteiger partial charge >= 0.3 is 0 Å². The van der Waals surface area contributed by atoms with Crippen molar-refractivity contribution < 1.29 is 0 Å². The number of hydrogen-bond acceptors (Lipinski definition) is 0. The van der Waals surface area contributed by atoms with Gasteiger partial charge in [0.25, 0.3) is 0 Å². The van der Waals surface area contributed by atoms with Crippen molar-refractivity contribution in [3.05, 3.63) is 24.8 Å². The van der Waals surface area contributed by atoms with Gasteiger partial charge in [-0.3, -0.25) is 0 Å². The van der Waals surface area contributed by atoms with E-state index in [1.807, 2.05) is 13.8 Å². The highest BCUT2D eigenvalue weighted by Crippen LogP contribution is 2.30. The van der Waals surface area contributed by atoms with Gasteiger partial charge in [0.1, 0.15) is 0 Å². The SMILES string of the molecule is C=CCCC(CCC)C(C)CC(CC)C/C=C\CC.CC. The van der Waals surface area contributed by atoms with E-state index in [0.717, 1.165) is 17.8 Å². The van der Waals surface area contributed by atoms with Gasteiger partial charge in [-0.25, -0.2) is 0 Å². The molecule has 0 aromatic heterocycles. The molecule has 126 valence electrons. The molecule has 0 spiro atoms. The highest BCUT2D eigenvalue weighted by molar-refractivity contribution is 4.84. The van der Waals surface area contributed by atoms with E-state index in [0.29, 0.717) is 0 Å². The lowest BCUT2D eigenvalue weighted by Gasteiger charge is -2.26. The second-order valence-electron chi connectivity index (χ2n) is 6.02. The van der Waals surface area contributed by atoms with Crippen LogP contribution < -0.4 is 0 Å². The van der Waals surface area contributed by atoms with Crippen LogP contribution in [0.2, 0.25) is 0 Å². The Morgan fingerprint density at radius 2 is 1.67 bits per heavy atom. The van der Waals surface area contributed by atoms with Crippen LogP contribution in [0.25, 0.3) is 0 Å². The van der Waals surface area contributed by atoms with Crippen LogP contribution in [-0.2, 0) is 0 Å². The van der Waals surface area contributed by atoms with Crippen molar-refractivity contribution in [3.63, 3.8) is 0 Å². The van der Waals surface area contributed by atoms with Crippen molar-refractivity contribution in [2.45, 2.75) is 92.9 Å². The summed E-state index contributed by atoms with van der Waals surface area (Å²) in [4.78, 5) is 0. The van der Waals surface area contributed by atoms with Crippen LogP contribution in [0.15, 0.2) is 24.8 Å². The summed E-state index contributed by atoms with van der Waals surface area (Å²) in [5, 5.41) is 0. The molecule has 0 bridgehead atoms. The summed E-state index contributed by atoms with van der Waals surface area (Å²) in [5.41, 5.74) is 0. The third-order valence-corrected chi connectivity index (χ3v) is 4.36. The molecule has 3 atom stereocenters. The van der Waals surface area contributed by atoms with Crippen LogP contribution >= 0.6 is 0 Å². The zero-order chi connectivity index (χ0) is 16.5. The first kappa shape index (κ1) is 22.8. The van der Waals surface area contributed by atoms with Gasteiger partial charge in [-0.2, -0.15) is 0 Å². The second kappa shape index (κ2) is 17.5. The minimum Gasteiger partial charge on any atom is -0.103 e. The van der Waals surface area contributed by atoms with Gasteiger partial charge in [-0.15, -0.1) is 6.58 Å². The average Bonchev–Trinajstić information content (AvgIpc) is 2.52. The van der Waals surface area contributed by atoms with E-state index in [2.05, 4.69) is 52.5 Å². The Bertz CT molecular complexity index is 226. The van der Waals surface area contributed by atoms with Gasteiger partial charge in [-0.1, -0.05) is 79.0 Å². The zero-order valence-electron chi connectivity index (χ0n) is 15.8. The molecule has 21 heavy (non-hydrogen) atoms. The maximum atomic E-state index is 3.87. The molecule has 0 aromatic carbocycles. The van der Waals surface area contributed by atoms with Crippen molar-refractivity contribution in [3.8, 4) is 0 Å². The molecule has 0 radical (unpaired) electrons. The van der Waals surface area contributed by atoms with Crippen LogP contribution in [0.3, 0.4) is 0 Å². The van der Waals surface area contributed by atoms with E-state index >= 15 is 0 Å². The summed E-state index contributed by atoms with van der Waals surface area (Å²) in [6.07, 6.45) is 17.2. The fourth-order valence-electron chi connectivity index (χ4n) is 3.02. The van der Waals surface area contributed by atoms with Crippen molar-refractivity contribution in [2.75, 3.05) is 0 Å². The smallest absolute Gasteiger partial charge is 0.0322 e. The topological polar surface area (TPSA) is 0 Å². The molecule has 0 saturated carbocycles. The van der Waals surface area contributed by atoms with Gasteiger partial charge in [0.05, 0.1) is 0 Å². The first-order valence-electron chi connectivity index (χ1n) is 9.45. The molecule has 0 amide bonds. The number of allylic oxidation sites excluding steroid dienone is 3. The maximum Gasteiger partial charge on any atom is -0.0322 e. The molecule has 0 aliphatic carbocycles. The molecule has 0 heteroatoms. The van der Waals surface area contributed by atoms with E-state index in [1.165, 1.54) is 51.4 Å². The van der Waals surface area contributed by atoms with Gasteiger partial charge in [0, 0.05) is 0 Å². The Labute approximate surface area is 136 Å². The predicted octanol–water partition coefficient (Wildman–Crippen LogP) is 7.80. The molecule has 0 heterocycles. The van der Waals surface area contributed by atoms with E-state index in [-0.39, 0.29) is 0 Å². The monoisotopic (exact) mass is 294 g/mol. The Morgan fingerprint density at radius 3 is 2.14 bits per heavy atom. The Morgan fingerprint density at radius 1 is 1.00 bits per heavy atom. The molecule has 0 N–H and O–H groups in total. The van der Waals surface area contributed by atoms with E-state index in [4.69, 9.17) is 0 Å². The Balaban J connectivity index is 0. The highest BCUT2D eigenvalue weighted by Gasteiger charge is 2.19. The lowest BCUT2D eigenvalue weighted by Crippen LogP contribution is -2.15. The molecule has 0 aliphatic heterocycles. The summed E-state index contributed by atoms with van der Waals surface area (Å²) in [5.74, 6) is 2.63. The number of rotatable bonds is 12. The van der Waals surface area contributed by atoms with Crippen molar-refractivity contribution in [1.29, 1.82) is 0 Å². The quantitative estimate of drug-likeness (QED) is 0.322. The summed E-state index contributed by atoms with van der Waals surface area (Å²) in [6, 6.07) is 0. The highest BCUT2D eigenvalue weighted by atomic mass is 14.2. The summed E-state index contributed by atoms with van der Waals surface area (Å²) >= 11 is 0. The normalized spacial score (nSPS) is 15.1. The van der Waals surface area contributed by atoms with E-state index < -0.39 is 0 Å². The minimum absolute atomic E-state index is 0.861. The molecular formula is C21H42. The van der Waals surface area contributed by atoms with Crippen LogP contribution in [0.4, 0.5) is 0 Å². The van der Waals surface area contributed by atoms with Crippen molar-refractivity contribution in [1.82, 2.24) is 0 Å². The molecule has 0 aliphatic rings. The third kappa shape index (κ3) is 12.9. The predicted molar refractivity (Wildman–Crippen MR) is 101 cm³/mol. The van der Waals surface area contributed by atoms with Gasteiger partial charge in [0.15, 0.2) is 0 Å². The molecule has 0 rings (SSSR count). The molecule has 3 unspecified atom stereocenters. The standard InChI is InChI=1S/C19H36.C2H6/c1-6-10-12-14-18(9-4)16-17(5)19(13-8-3)15-11-7-2;1-2/h7,10,12,17-19H,2,6,8-9,11,13-16H2,1,3-5H3;1-2H3/b12-10-;. The fraction of sp³-hybridized carbons (Fsp3) is 0.810. The van der Waals surface area contributed by atoms with Gasteiger partial charge < -0.3 is 0 Å². The van der Waals surface area contributed by atoms with Crippen LogP contribution in [0.5, 0.6) is 0 Å². The fourth-order valence-corrected chi connectivity index (χ4v) is 3.02. The van der Waals surface area contributed by atoms with Crippen LogP contribution in [0.1, 0.15) is 92.9 Å². The third-order valence-electron chi connectivity index (χ3n) is 4.36. The summed E-state index contributed by atoms with van der Waals surface area (Å²) < 4.78 is 0. The lowest BCUT2D eigenvalue weighted by molar-refractivity contribution is 0.255. The molecule has 0 saturated heterocycles. The molecule has 0 nitrogen and oxygen atoms in total. The average molecular weight is 295 g/mol. The summed E-state index contributed by atoms with van der Waals surface area (Å²) in [7, 11) is 0. The number of hydrogen-bond donors (Lipinski definition) is 0. The Kier molecular flexibility index (Phi) is 19.0. The largest absolute Gasteiger partial charge is 0.103 e. The molecular weight excluding hydrogens is 252 g/mol. The van der Waals surface area contributed by atoms with Gasteiger partial charge in [0.2, 0.25) is 0 Å². The lowest BCUT2D eigenvalue weighted by atomic mass is 9.79. The first-order valence-corrected chi connectivity index (χ1v) is 9.45. The van der Waals surface area contributed by atoms with E-state index in [9.17, 15) is 0 Å². The molecule has 0 aromatic rings. The van der Waals surface area contributed by atoms with Crippen LogP contribution in [-0.4, -0.2) is 0 Å². The first-order chi connectivity index (χ1) is 10.2. The summed E-state index contributed by atoms with van der Waals surface area (Å²) in [6.45, 7) is 17.2. The maximum absolute atomic E-state index is 3.87. The van der Waals surface area contributed by atoms with Crippen molar-refractivity contribution >= 4 is 0 Å². The zero-order valence-corrected chi connectivity index (χ0v) is 15.8. The minimum atomic E-state index is 0.861. The van der Waals surface area contributed by atoms with Gasteiger partial charge in [-0.05, 0) is 49.9 Å². The van der Waals surface area contributed by atoms with Crippen molar-refractivity contribution in [2.24, 2.45) is 17.8 Å².